The van der Waals surface area contributed by atoms with Gasteiger partial charge in [0.25, 0.3) is 0 Å². The van der Waals surface area contributed by atoms with E-state index in [4.69, 9.17) is 0 Å². The molecule has 0 aliphatic rings. The molecule has 0 unspecified atom stereocenters. The largest absolute Gasteiger partial charge is 0.379 e. The highest BCUT2D eigenvalue weighted by molar-refractivity contribution is 9.10. The Kier molecular flexibility index (Phi) is 3.49. The second-order valence-electron chi connectivity index (χ2n) is 4.94. The third-order valence-corrected chi connectivity index (χ3v) is 3.79. The van der Waals surface area contributed by atoms with Crippen LogP contribution in [-0.2, 0) is 6.54 Å². The van der Waals surface area contributed by atoms with E-state index in [-0.39, 0.29) is 0 Å². The fourth-order valence-corrected chi connectivity index (χ4v) is 3.01. The highest BCUT2D eigenvalue weighted by Crippen LogP contribution is 2.20. The van der Waals surface area contributed by atoms with E-state index >= 15 is 0 Å². The first kappa shape index (κ1) is 13.2. The zero-order valence-electron chi connectivity index (χ0n) is 11.5. The second kappa shape index (κ2) is 5.29. The maximum atomic E-state index is 4.57. The van der Waals surface area contributed by atoms with Crippen molar-refractivity contribution in [1.82, 2.24) is 9.38 Å². The SMILES string of the molecule is Cc1cc(Br)cc(NCc2c(C)nc3ccccn23)c1. The molecule has 20 heavy (non-hydrogen) atoms. The van der Waals surface area contributed by atoms with Crippen LogP contribution in [0, 0.1) is 13.8 Å². The van der Waals surface area contributed by atoms with E-state index in [0.29, 0.717) is 0 Å². The minimum absolute atomic E-state index is 0.757. The summed E-state index contributed by atoms with van der Waals surface area (Å²) in [6, 6.07) is 12.4. The normalized spacial score (nSPS) is 10.9. The number of hydrogen-bond donors (Lipinski definition) is 1. The predicted octanol–water partition coefficient (Wildman–Crippen LogP) is 4.33. The van der Waals surface area contributed by atoms with Crippen molar-refractivity contribution in [2.24, 2.45) is 0 Å². The Balaban J connectivity index is 1.88. The number of hydrogen-bond acceptors (Lipinski definition) is 2. The van der Waals surface area contributed by atoms with Crippen molar-refractivity contribution in [2.75, 3.05) is 5.32 Å². The molecule has 3 rings (SSSR count). The summed E-state index contributed by atoms with van der Waals surface area (Å²) in [4.78, 5) is 4.57. The molecule has 102 valence electrons. The molecule has 0 radical (unpaired) electrons. The molecule has 0 atom stereocenters. The van der Waals surface area contributed by atoms with Gasteiger partial charge in [-0.05, 0) is 49.7 Å². The molecule has 1 aromatic carbocycles. The number of nitrogens with one attached hydrogen (secondary N) is 1. The highest BCUT2D eigenvalue weighted by Gasteiger charge is 2.07. The molecule has 3 nitrogen and oxygen atoms in total. The fraction of sp³-hybridized carbons (Fsp3) is 0.188. The number of benzene rings is 1. The summed E-state index contributed by atoms with van der Waals surface area (Å²) >= 11 is 3.53. The van der Waals surface area contributed by atoms with Crippen molar-refractivity contribution in [3.63, 3.8) is 0 Å². The van der Waals surface area contributed by atoms with Crippen LogP contribution < -0.4 is 5.32 Å². The molecule has 0 bridgehead atoms. The van der Waals surface area contributed by atoms with E-state index in [2.05, 4.69) is 68.9 Å². The van der Waals surface area contributed by atoms with Gasteiger partial charge in [0.2, 0.25) is 0 Å². The van der Waals surface area contributed by atoms with Crippen molar-refractivity contribution >= 4 is 27.3 Å². The average Bonchev–Trinajstić information content (AvgIpc) is 2.71. The van der Waals surface area contributed by atoms with E-state index in [1.807, 2.05) is 18.2 Å². The van der Waals surface area contributed by atoms with E-state index in [0.717, 1.165) is 28.0 Å². The Morgan fingerprint density at radius 3 is 2.85 bits per heavy atom. The number of nitrogens with zero attached hydrogens (tertiary/aromatic N) is 2. The van der Waals surface area contributed by atoms with E-state index in [1.54, 1.807) is 0 Å². The Bertz CT molecular complexity index is 741. The van der Waals surface area contributed by atoms with Gasteiger partial charge < -0.3 is 9.72 Å². The minimum Gasteiger partial charge on any atom is -0.379 e. The molecule has 3 aromatic rings. The van der Waals surface area contributed by atoms with Crippen LogP contribution in [0.25, 0.3) is 5.65 Å². The molecule has 0 spiro atoms. The molecule has 1 N–H and O–H groups in total. The van der Waals surface area contributed by atoms with Gasteiger partial charge in [-0.25, -0.2) is 4.98 Å². The van der Waals surface area contributed by atoms with Crippen LogP contribution in [-0.4, -0.2) is 9.38 Å². The van der Waals surface area contributed by atoms with Crippen LogP contribution in [0.4, 0.5) is 5.69 Å². The number of aryl methyl sites for hydroxylation is 2. The molecule has 0 aliphatic heterocycles. The van der Waals surface area contributed by atoms with Gasteiger partial charge in [-0.2, -0.15) is 0 Å². The summed E-state index contributed by atoms with van der Waals surface area (Å²) in [6.07, 6.45) is 2.05. The highest BCUT2D eigenvalue weighted by atomic mass is 79.9. The van der Waals surface area contributed by atoms with Crippen LogP contribution in [0.3, 0.4) is 0 Å². The van der Waals surface area contributed by atoms with Gasteiger partial charge in [-0.3, -0.25) is 0 Å². The van der Waals surface area contributed by atoms with E-state index in [1.165, 1.54) is 11.3 Å². The van der Waals surface area contributed by atoms with E-state index in [9.17, 15) is 0 Å². The lowest BCUT2D eigenvalue weighted by Crippen LogP contribution is -2.04. The molecule has 0 amide bonds. The quantitative estimate of drug-likeness (QED) is 0.775. The average molecular weight is 330 g/mol. The fourth-order valence-electron chi connectivity index (χ4n) is 2.40. The summed E-state index contributed by atoms with van der Waals surface area (Å²) in [7, 11) is 0. The summed E-state index contributed by atoms with van der Waals surface area (Å²) in [6.45, 7) is 4.90. The third-order valence-electron chi connectivity index (χ3n) is 3.33. The van der Waals surface area contributed by atoms with Crippen molar-refractivity contribution in [3.05, 3.63) is 64.0 Å². The topological polar surface area (TPSA) is 29.3 Å². The Hall–Kier alpha value is -1.81. The van der Waals surface area contributed by atoms with Crippen LogP contribution in [0.5, 0.6) is 0 Å². The zero-order valence-corrected chi connectivity index (χ0v) is 13.1. The lowest BCUT2D eigenvalue weighted by atomic mass is 10.2. The van der Waals surface area contributed by atoms with Gasteiger partial charge in [0.05, 0.1) is 17.9 Å². The van der Waals surface area contributed by atoms with Gasteiger partial charge in [0.1, 0.15) is 5.65 Å². The molecule has 0 aliphatic carbocycles. The van der Waals surface area contributed by atoms with Crippen molar-refractivity contribution in [2.45, 2.75) is 20.4 Å². The summed E-state index contributed by atoms with van der Waals surface area (Å²) in [5, 5.41) is 3.47. The minimum atomic E-state index is 0.757. The third kappa shape index (κ3) is 2.56. The Morgan fingerprint density at radius 1 is 1.20 bits per heavy atom. The number of rotatable bonds is 3. The first-order chi connectivity index (χ1) is 9.63. The lowest BCUT2D eigenvalue weighted by molar-refractivity contribution is 0.986. The van der Waals surface area contributed by atoms with Gasteiger partial charge in [0.15, 0.2) is 0 Å². The van der Waals surface area contributed by atoms with Crippen LogP contribution in [0.1, 0.15) is 17.0 Å². The van der Waals surface area contributed by atoms with Crippen LogP contribution in [0.2, 0.25) is 0 Å². The number of aromatic nitrogens is 2. The van der Waals surface area contributed by atoms with Crippen LogP contribution >= 0.6 is 15.9 Å². The smallest absolute Gasteiger partial charge is 0.137 e. The number of pyridine rings is 1. The van der Waals surface area contributed by atoms with Gasteiger partial charge in [0, 0.05) is 16.4 Å². The standard InChI is InChI=1S/C16H16BrN3/c1-11-7-13(17)9-14(8-11)18-10-15-12(2)19-16-5-3-4-6-20(15)16/h3-9,18H,10H2,1-2H3. The number of halogens is 1. The monoisotopic (exact) mass is 329 g/mol. The molecule has 2 aromatic heterocycles. The lowest BCUT2D eigenvalue weighted by Gasteiger charge is -2.09. The molecule has 0 saturated heterocycles. The van der Waals surface area contributed by atoms with Gasteiger partial charge >= 0.3 is 0 Å². The maximum absolute atomic E-state index is 4.57. The molecule has 0 fully saturated rings. The van der Waals surface area contributed by atoms with Crippen molar-refractivity contribution in [1.29, 1.82) is 0 Å². The van der Waals surface area contributed by atoms with Crippen molar-refractivity contribution < 1.29 is 0 Å². The van der Waals surface area contributed by atoms with Gasteiger partial charge in [-0.15, -0.1) is 0 Å². The Morgan fingerprint density at radius 2 is 2.05 bits per heavy atom. The predicted molar refractivity (Wildman–Crippen MR) is 86.1 cm³/mol. The van der Waals surface area contributed by atoms with Crippen molar-refractivity contribution in [3.8, 4) is 0 Å². The number of imidazole rings is 1. The molecule has 2 heterocycles. The Labute approximate surface area is 126 Å². The second-order valence-corrected chi connectivity index (χ2v) is 5.86. The maximum Gasteiger partial charge on any atom is 0.137 e. The first-order valence-corrected chi connectivity index (χ1v) is 7.36. The molecular weight excluding hydrogens is 314 g/mol. The number of anilines is 1. The molecule has 4 heteroatoms. The first-order valence-electron chi connectivity index (χ1n) is 6.57. The van der Waals surface area contributed by atoms with Crippen LogP contribution in [0.15, 0.2) is 47.1 Å². The molecule has 0 saturated carbocycles. The zero-order chi connectivity index (χ0) is 14.1. The summed E-state index contributed by atoms with van der Waals surface area (Å²) in [5.41, 5.74) is 5.60. The van der Waals surface area contributed by atoms with Gasteiger partial charge in [-0.1, -0.05) is 22.0 Å². The summed E-state index contributed by atoms with van der Waals surface area (Å²) in [5.74, 6) is 0. The summed E-state index contributed by atoms with van der Waals surface area (Å²) < 4.78 is 3.22. The molecular formula is C16H16BrN3. The number of fused-ring (bicyclic) bond motifs is 1. The van der Waals surface area contributed by atoms with E-state index < -0.39 is 0 Å².